The second-order valence-corrected chi connectivity index (χ2v) is 4.38. The Labute approximate surface area is 113 Å². The van der Waals surface area contributed by atoms with E-state index in [4.69, 9.17) is 0 Å². The molecule has 0 aromatic heterocycles. The number of carbonyl (C=O) groups excluding carboxylic acids is 1. The monoisotopic (exact) mass is 251 g/mol. The highest BCUT2D eigenvalue weighted by molar-refractivity contribution is 5.91. The maximum Gasteiger partial charge on any atom is 0.244 e. The Morgan fingerprint density at radius 2 is 1.58 bits per heavy atom. The smallest absolute Gasteiger partial charge is 0.244 e. The summed E-state index contributed by atoms with van der Waals surface area (Å²) in [7, 11) is 0. The van der Waals surface area contributed by atoms with Crippen molar-refractivity contribution in [2.24, 2.45) is 0 Å². The molecule has 0 aliphatic rings. The molecule has 96 valence electrons. The van der Waals surface area contributed by atoms with E-state index < -0.39 is 0 Å². The lowest BCUT2D eigenvalue weighted by Crippen LogP contribution is -2.24. The molecule has 2 aromatic carbocycles. The first-order chi connectivity index (χ1) is 9.25. The van der Waals surface area contributed by atoms with Gasteiger partial charge >= 0.3 is 0 Å². The predicted octanol–water partition coefficient (Wildman–Crippen LogP) is 3.58. The van der Waals surface area contributed by atoms with Gasteiger partial charge in [-0.25, -0.2) is 0 Å². The van der Waals surface area contributed by atoms with Gasteiger partial charge < -0.3 is 5.32 Å². The van der Waals surface area contributed by atoms with Crippen LogP contribution in [0, 0.1) is 0 Å². The van der Waals surface area contributed by atoms with Crippen LogP contribution in [-0.2, 0) is 4.79 Å². The number of carbonyl (C=O) groups is 1. The molecule has 1 amide bonds. The van der Waals surface area contributed by atoms with E-state index in [1.165, 1.54) is 0 Å². The largest absolute Gasteiger partial charge is 0.346 e. The van der Waals surface area contributed by atoms with Crippen LogP contribution in [0.2, 0.25) is 0 Å². The molecule has 2 rings (SSSR count). The maximum atomic E-state index is 11.8. The van der Waals surface area contributed by atoms with Crippen molar-refractivity contribution in [1.29, 1.82) is 0 Å². The predicted molar refractivity (Wildman–Crippen MR) is 78.5 cm³/mol. The summed E-state index contributed by atoms with van der Waals surface area (Å²) >= 11 is 0. The molecule has 0 aliphatic heterocycles. The molecule has 0 spiro atoms. The van der Waals surface area contributed by atoms with Gasteiger partial charge in [-0.2, -0.15) is 0 Å². The summed E-state index contributed by atoms with van der Waals surface area (Å²) in [5.74, 6) is -0.0831. The van der Waals surface area contributed by atoms with Crippen molar-refractivity contribution >= 4 is 12.0 Å². The number of hydrogen-bond acceptors (Lipinski definition) is 1. The zero-order valence-electron chi connectivity index (χ0n) is 10.9. The second kappa shape index (κ2) is 6.55. The first-order valence-corrected chi connectivity index (χ1v) is 6.34. The average Bonchev–Trinajstić information content (AvgIpc) is 2.47. The topological polar surface area (TPSA) is 29.1 Å². The third-order valence-electron chi connectivity index (χ3n) is 2.89. The summed E-state index contributed by atoms with van der Waals surface area (Å²) in [6, 6.07) is 19.7. The fourth-order valence-electron chi connectivity index (χ4n) is 1.82. The highest BCUT2D eigenvalue weighted by atomic mass is 16.1. The summed E-state index contributed by atoms with van der Waals surface area (Å²) in [6.45, 7) is 1.98. The van der Waals surface area contributed by atoms with Gasteiger partial charge in [0.15, 0.2) is 0 Å². The minimum Gasteiger partial charge on any atom is -0.346 e. The molecule has 0 heterocycles. The van der Waals surface area contributed by atoms with E-state index in [1.807, 2.05) is 73.7 Å². The van der Waals surface area contributed by atoms with Gasteiger partial charge in [-0.15, -0.1) is 0 Å². The molecule has 1 N–H and O–H groups in total. The molecule has 1 atom stereocenters. The molecule has 2 heteroatoms. The normalized spacial score (nSPS) is 12.3. The van der Waals surface area contributed by atoms with Crippen LogP contribution < -0.4 is 5.32 Å². The third-order valence-corrected chi connectivity index (χ3v) is 2.89. The van der Waals surface area contributed by atoms with Crippen molar-refractivity contribution in [3.8, 4) is 0 Å². The molecule has 0 bridgehead atoms. The zero-order chi connectivity index (χ0) is 13.5. The van der Waals surface area contributed by atoms with Gasteiger partial charge in [0.1, 0.15) is 0 Å². The van der Waals surface area contributed by atoms with Gasteiger partial charge in [0.05, 0.1) is 6.04 Å². The molecular formula is C17H17NO. The second-order valence-electron chi connectivity index (χ2n) is 4.38. The van der Waals surface area contributed by atoms with Gasteiger partial charge in [-0.3, -0.25) is 4.79 Å². The highest BCUT2D eigenvalue weighted by Gasteiger charge is 2.06. The Bertz CT molecular complexity index is 546. The minimum atomic E-state index is -0.0831. The van der Waals surface area contributed by atoms with Crippen LogP contribution in [0.25, 0.3) is 6.08 Å². The van der Waals surface area contributed by atoms with Crippen LogP contribution >= 0.6 is 0 Å². The van der Waals surface area contributed by atoms with Crippen LogP contribution in [-0.4, -0.2) is 5.91 Å². The fourth-order valence-corrected chi connectivity index (χ4v) is 1.82. The van der Waals surface area contributed by atoms with E-state index in [-0.39, 0.29) is 11.9 Å². The van der Waals surface area contributed by atoms with E-state index >= 15 is 0 Å². The third kappa shape index (κ3) is 4.11. The van der Waals surface area contributed by atoms with Gasteiger partial charge in [0.25, 0.3) is 0 Å². The molecule has 0 aliphatic carbocycles. The molecule has 2 aromatic rings. The van der Waals surface area contributed by atoms with Crippen molar-refractivity contribution in [3.05, 3.63) is 77.9 Å². The highest BCUT2D eigenvalue weighted by Crippen LogP contribution is 2.11. The Morgan fingerprint density at radius 3 is 2.21 bits per heavy atom. The number of hydrogen-bond donors (Lipinski definition) is 1. The average molecular weight is 251 g/mol. The fraction of sp³-hybridized carbons (Fsp3) is 0.118. The SMILES string of the molecule is C[C@H](NC(=O)C=Cc1ccccc1)c1ccccc1. The lowest BCUT2D eigenvalue weighted by Gasteiger charge is -2.12. The maximum absolute atomic E-state index is 11.8. The summed E-state index contributed by atoms with van der Waals surface area (Å²) < 4.78 is 0. The van der Waals surface area contributed by atoms with E-state index in [9.17, 15) is 4.79 Å². The minimum absolute atomic E-state index is 0.00845. The molecule has 0 saturated heterocycles. The first kappa shape index (κ1) is 13.1. The molecule has 0 unspecified atom stereocenters. The Hall–Kier alpha value is -2.35. The van der Waals surface area contributed by atoms with Crippen molar-refractivity contribution in [1.82, 2.24) is 5.32 Å². The molecule has 0 saturated carbocycles. The van der Waals surface area contributed by atoms with Crippen molar-refractivity contribution in [2.75, 3.05) is 0 Å². The molecule has 19 heavy (non-hydrogen) atoms. The molecule has 2 nitrogen and oxygen atoms in total. The number of amides is 1. The van der Waals surface area contributed by atoms with E-state index in [0.717, 1.165) is 11.1 Å². The van der Waals surface area contributed by atoms with Gasteiger partial charge in [-0.05, 0) is 24.1 Å². The van der Waals surface area contributed by atoms with Gasteiger partial charge in [0, 0.05) is 6.08 Å². The van der Waals surface area contributed by atoms with Gasteiger partial charge in [-0.1, -0.05) is 60.7 Å². The first-order valence-electron chi connectivity index (χ1n) is 6.34. The Balaban J connectivity index is 1.93. The molecule has 0 fully saturated rings. The zero-order valence-corrected chi connectivity index (χ0v) is 10.9. The van der Waals surface area contributed by atoms with Crippen LogP contribution in [0.3, 0.4) is 0 Å². The van der Waals surface area contributed by atoms with E-state index in [0.29, 0.717) is 0 Å². The lowest BCUT2D eigenvalue weighted by molar-refractivity contribution is -0.117. The summed E-state index contributed by atoms with van der Waals surface area (Å²) in [6.07, 6.45) is 3.38. The van der Waals surface area contributed by atoms with Crippen molar-refractivity contribution in [3.63, 3.8) is 0 Å². The number of benzene rings is 2. The molecular weight excluding hydrogens is 234 g/mol. The Morgan fingerprint density at radius 1 is 1.00 bits per heavy atom. The van der Waals surface area contributed by atoms with Crippen LogP contribution in [0.15, 0.2) is 66.7 Å². The Kier molecular flexibility index (Phi) is 4.51. The van der Waals surface area contributed by atoms with Gasteiger partial charge in [0.2, 0.25) is 5.91 Å². The van der Waals surface area contributed by atoms with Crippen LogP contribution in [0.4, 0.5) is 0 Å². The van der Waals surface area contributed by atoms with E-state index in [1.54, 1.807) is 6.08 Å². The molecule has 0 radical (unpaired) electrons. The standard InChI is InChI=1S/C17H17NO/c1-14(16-10-6-3-7-11-16)18-17(19)13-12-15-8-4-2-5-9-15/h2-14H,1H3,(H,18,19)/t14-/m0/s1. The summed E-state index contributed by atoms with van der Waals surface area (Å²) in [4.78, 5) is 11.8. The number of nitrogens with one attached hydrogen (secondary N) is 1. The van der Waals surface area contributed by atoms with Crippen LogP contribution in [0.1, 0.15) is 24.1 Å². The van der Waals surface area contributed by atoms with E-state index in [2.05, 4.69) is 5.32 Å². The van der Waals surface area contributed by atoms with Crippen molar-refractivity contribution < 1.29 is 4.79 Å². The summed E-state index contributed by atoms with van der Waals surface area (Å²) in [5.41, 5.74) is 2.12. The van der Waals surface area contributed by atoms with Crippen LogP contribution in [0.5, 0.6) is 0 Å². The lowest BCUT2D eigenvalue weighted by atomic mass is 10.1. The summed E-state index contributed by atoms with van der Waals surface area (Å²) in [5, 5.41) is 2.94. The van der Waals surface area contributed by atoms with Crippen molar-refractivity contribution in [2.45, 2.75) is 13.0 Å². The number of rotatable bonds is 4. The quantitative estimate of drug-likeness (QED) is 0.827.